The molecule has 0 aromatic carbocycles. The van der Waals surface area contributed by atoms with E-state index in [4.69, 9.17) is 0 Å². The van der Waals surface area contributed by atoms with E-state index in [1.807, 2.05) is 24.0 Å². The number of hydrogen-bond acceptors (Lipinski definition) is 6. The van der Waals surface area contributed by atoms with Crippen molar-refractivity contribution in [2.45, 2.75) is 63.5 Å². The lowest BCUT2D eigenvalue weighted by Gasteiger charge is -2.61. The number of carbonyl (C=O) groups excluding carboxylic acids is 1. The van der Waals surface area contributed by atoms with Crippen LogP contribution in [0.5, 0.6) is 0 Å². The van der Waals surface area contributed by atoms with E-state index in [1.165, 1.54) is 17.8 Å². The quantitative estimate of drug-likeness (QED) is 0.909. The molecule has 2 unspecified atom stereocenters. The SMILES string of the molecule is Cc1nnn(C23CC4CC(CC(NC(=O)c5csc(C)n5)(C4)C2)C3)n1. The summed E-state index contributed by atoms with van der Waals surface area (Å²) in [6.45, 7) is 3.81. The van der Waals surface area contributed by atoms with Gasteiger partial charge in [0.15, 0.2) is 5.82 Å². The average molecular weight is 358 g/mol. The molecule has 1 N–H and O–H groups in total. The molecule has 2 atom stereocenters. The van der Waals surface area contributed by atoms with Gasteiger partial charge in [-0.25, -0.2) is 4.98 Å². The maximum absolute atomic E-state index is 12.8. The standard InChI is InChI=1S/C17H22N6OS/c1-10-20-22-23(21-10)17-6-12-3-13(7-17)5-16(4-12,9-17)19-15(24)14-8-25-11(2)18-14/h8,12-13H,3-7,9H2,1-2H3,(H,19,24). The Kier molecular flexibility index (Phi) is 3.14. The lowest BCUT2D eigenvalue weighted by atomic mass is 9.50. The van der Waals surface area contributed by atoms with E-state index in [0.717, 1.165) is 37.1 Å². The smallest absolute Gasteiger partial charge is 0.271 e. The van der Waals surface area contributed by atoms with Crippen molar-refractivity contribution in [1.29, 1.82) is 0 Å². The van der Waals surface area contributed by atoms with E-state index in [2.05, 4.69) is 25.7 Å². The zero-order valence-corrected chi connectivity index (χ0v) is 15.3. The first kappa shape index (κ1) is 15.4. The van der Waals surface area contributed by atoms with E-state index in [-0.39, 0.29) is 17.0 Å². The Hall–Kier alpha value is -1.83. The second-order valence-electron chi connectivity index (χ2n) is 8.30. The minimum Gasteiger partial charge on any atom is -0.345 e. The molecule has 2 aromatic rings. The molecule has 25 heavy (non-hydrogen) atoms. The fourth-order valence-electron chi connectivity index (χ4n) is 5.85. The minimum atomic E-state index is -0.153. The Balaban J connectivity index is 1.47. The van der Waals surface area contributed by atoms with Crippen LogP contribution in [0.4, 0.5) is 0 Å². The number of nitrogens with zero attached hydrogens (tertiary/aromatic N) is 5. The normalized spacial score (nSPS) is 35.9. The van der Waals surface area contributed by atoms with E-state index < -0.39 is 0 Å². The fraction of sp³-hybridized carbons (Fsp3) is 0.706. The Morgan fingerprint density at radius 2 is 2.04 bits per heavy atom. The van der Waals surface area contributed by atoms with Gasteiger partial charge in [-0.2, -0.15) is 4.80 Å². The first-order valence-corrected chi connectivity index (χ1v) is 9.85. The zero-order chi connectivity index (χ0) is 17.2. The maximum atomic E-state index is 12.8. The number of nitrogens with one attached hydrogen (secondary N) is 1. The summed E-state index contributed by atoms with van der Waals surface area (Å²) in [5.41, 5.74) is 0.304. The van der Waals surface area contributed by atoms with Gasteiger partial charge in [-0.15, -0.1) is 21.5 Å². The number of tetrazole rings is 1. The third kappa shape index (κ3) is 2.41. The van der Waals surface area contributed by atoms with E-state index >= 15 is 0 Å². The van der Waals surface area contributed by atoms with Crippen molar-refractivity contribution in [3.05, 3.63) is 21.9 Å². The summed E-state index contributed by atoms with van der Waals surface area (Å²) in [6.07, 6.45) is 6.50. The molecule has 0 radical (unpaired) electrons. The van der Waals surface area contributed by atoms with Crippen molar-refractivity contribution >= 4 is 17.2 Å². The molecule has 8 heteroatoms. The molecule has 4 saturated carbocycles. The summed E-state index contributed by atoms with van der Waals surface area (Å²) in [4.78, 5) is 19.0. The number of carbonyl (C=O) groups is 1. The van der Waals surface area contributed by atoms with Crippen molar-refractivity contribution in [2.24, 2.45) is 11.8 Å². The predicted molar refractivity (Wildman–Crippen MR) is 92.3 cm³/mol. The second-order valence-corrected chi connectivity index (χ2v) is 9.36. The number of rotatable bonds is 3. The molecule has 1 amide bonds. The van der Waals surface area contributed by atoms with Crippen molar-refractivity contribution < 1.29 is 4.79 Å². The summed E-state index contributed by atoms with van der Waals surface area (Å²) in [6, 6.07) is 0. The van der Waals surface area contributed by atoms with Gasteiger partial charge in [-0.3, -0.25) is 4.79 Å². The fourth-order valence-corrected chi connectivity index (χ4v) is 6.45. The van der Waals surface area contributed by atoms with Crippen molar-refractivity contribution in [3.63, 3.8) is 0 Å². The van der Waals surface area contributed by atoms with E-state index in [0.29, 0.717) is 23.4 Å². The van der Waals surface area contributed by atoms with Gasteiger partial charge >= 0.3 is 0 Å². The molecule has 4 fully saturated rings. The first-order chi connectivity index (χ1) is 12.0. The van der Waals surface area contributed by atoms with Crippen LogP contribution in [-0.2, 0) is 5.54 Å². The van der Waals surface area contributed by atoms with E-state index in [1.54, 1.807) is 0 Å². The molecule has 4 bridgehead atoms. The molecule has 0 saturated heterocycles. The van der Waals surface area contributed by atoms with Crippen LogP contribution in [0.2, 0.25) is 0 Å². The predicted octanol–water partition coefficient (Wildman–Crippen LogP) is 2.22. The molecular formula is C17H22N6OS. The lowest BCUT2D eigenvalue weighted by molar-refractivity contribution is -0.0811. The highest BCUT2D eigenvalue weighted by molar-refractivity contribution is 7.09. The van der Waals surface area contributed by atoms with Crippen LogP contribution in [-0.4, -0.2) is 36.6 Å². The Morgan fingerprint density at radius 3 is 2.64 bits per heavy atom. The van der Waals surface area contributed by atoms with Gasteiger partial charge in [0.2, 0.25) is 0 Å². The number of hydrogen-bond donors (Lipinski definition) is 1. The van der Waals surface area contributed by atoms with Crippen molar-refractivity contribution in [1.82, 2.24) is 30.5 Å². The summed E-state index contributed by atoms with van der Waals surface area (Å²) >= 11 is 1.52. The largest absolute Gasteiger partial charge is 0.345 e. The van der Waals surface area contributed by atoms with Gasteiger partial charge in [-0.05, 0) is 69.4 Å². The van der Waals surface area contributed by atoms with Gasteiger partial charge in [0.1, 0.15) is 5.69 Å². The average Bonchev–Trinajstić information content (AvgIpc) is 3.14. The molecule has 4 aliphatic carbocycles. The minimum absolute atomic E-state index is 0.0378. The summed E-state index contributed by atoms with van der Waals surface area (Å²) in [5.74, 6) is 1.94. The Labute approximate surface area is 150 Å². The Bertz CT molecular complexity index is 828. The van der Waals surface area contributed by atoms with Crippen LogP contribution in [0.15, 0.2) is 5.38 Å². The van der Waals surface area contributed by atoms with Gasteiger partial charge in [0, 0.05) is 10.9 Å². The highest BCUT2D eigenvalue weighted by atomic mass is 32.1. The van der Waals surface area contributed by atoms with Crippen LogP contribution < -0.4 is 5.32 Å². The summed E-state index contributed by atoms with van der Waals surface area (Å²) in [7, 11) is 0. The monoisotopic (exact) mass is 358 g/mol. The highest BCUT2D eigenvalue weighted by Gasteiger charge is 2.60. The molecule has 0 spiro atoms. The van der Waals surface area contributed by atoms with Crippen LogP contribution in [0.3, 0.4) is 0 Å². The second kappa shape index (κ2) is 5.09. The molecule has 2 heterocycles. The number of thiazole rings is 1. The number of aromatic nitrogens is 5. The molecule has 132 valence electrons. The lowest BCUT2D eigenvalue weighted by Crippen LogP contribution is -2.66. The topological polar surface area (TPSA) is 85.6 Å². The van der Waals surface area contributed by atoms with Crippen LogP contribution in [0.1, 0.15) is 59.8 Å². The number of amides is 1. The van der Waals surface area contributed by atoms with Gasteiger partial charge in [0.05, 0.1) is 10.5 Å². The Morgan fingerprint density at radius 1 is 1.28 bits per heavy atom. The van der Waals surface area contributed by atoms with Gasteiger partial charge in [0.25, 0.3) is 5.91 Å². The van der Waals surface area contributed by atoms with Crippen LogP contribution >= 0.6 is 11.3 Å². The third-order valence-corrected chi connectivity index (χ3v) is 6.97. The summed E-state index contributed by atoms with van der Waals surface area (Å²) in [5, 5.41) is 19.1. The van der Waals surface area contributed by atoms with Crippen LogP contribution in [0.25, 0.3) is 0 Å². The zero-order valence-electron chi connectivity index (χ0n) is 14.5. The van der Waals surface area contributed by atoms with Gasteiger partial charge < -0.3 is 5.32 Å². The highest BCUT2D eigenvalue weighted by Crippen LogP contribution is 2.60. The van der Waals surface area contributed by atoms with Crippen LogP contribution in [0, 0.1) is 25.7 Å². The van der Waals surface area contributed by atoms with Crippen molar-refractivity contribution in [3.8, 4) is 0 Å². The third-order valence-electron chi connectivity index (χ3n) is 6.20. The molecule has 0 aliphatic heterocycles. The number of aryl methyl sites for hydroxylation is 2. The molecule has 6 rings (SSSR count). The molecule has 2 aromatic heterocycles. The van der Waals surface area contributed by atoms with Crippen molar-refractivity contribution in [2.75, 3.05) is 0 Å². The first-order valence-electron chi connectivity index (χ1n) is 8.97. The maximum Gasteiger partial charge on any atom is 0.271 e. The van der Waals surface area contributed by atoms with E-state index in [9.17, 15) is 4.79 Å². The molecular weight excluding hydrogens is 336 g/mol. The summed E-state index contributed by atoms with van der Waals surface area (Å²) < 4.78 is 0. The molecule has 7 nitrogen and oxygen atoms in total. The van der Waals surface area contributed by atoms with Gasteiger partial charge in [-0.1, -0.05) is 0 Å². The molecule has 4 aliphatic rings.